The van der Waals surface area contributed by atoms with Gasteiger partial charge in [0.25, 0.3) is 0 Å². The van der Waals surface area contributed by atoms with E-state index in [1.54, 1.807) is 4.90 Å². The molecule has 1 aromatic heterocycles. The molecule has 1 aliphatic heterocycles. The number of piperazine rings is 1. The highest BCUT2D eigenvalue weighted by molar-refractivity contribution is 7.15. The van der Waals surface area contributed by atoms with E-state index in [4.69, 9.17) is 5.73 Å². The van der Waals surface area contributed by atoms with E-state index in [9.17, 15) is 9.59 Å². The van der Waals surface area contributed by atoms with Gasteiger partial charge in [0, 0.05) is 0 Å². The van der Waals surface area contributed by atoms with Crippen molar-refractivity contribution < 1.29 is 9.59 Å². The van der Waals surface area contributed by atoms with E-state index in [-0.39, 0.29) is 24.9 Å². The quantitative estimate of drug-likeness (QED) is 0.601. The van der Waals surface area contributed by atoms with Crippen LogP contribution in [-0.2, 0) is 16.1 Å². The first-order valence-electron chi connectivity index (χ1n) is 4.26. The van der Waals surface area contributed by atoms with E-state index >= 15 is 0 Å². The number of imide groups is 1. The molecule has 1 fully saturated rings. The fraction of sp³-hybridized carbons (Fsp3) is 0.429. The molecule has 2 amide bonds. The van der Waals surface area contributed by atoms with E-state index in [1.165, 1.54) is 11.3 Å². The van der Waals surface area contributed by atoms with Crippen LogP contribution in [-0.4, -0.2) is 40.0 Å². The molecule has 0 unspecified atom stereocenters. The molecule has 2 heterocycles. The first-order chi connectivity index (χ1) is 7.13. The number of aromatic nitrogens is 2. The highest BCUT2D eigenvalue weighted by atomic mass is 32.1. The molecule has 3 N–H and O–H groups in total. The Bertz CT molecular complexity index is 388. The molecule has 80 valence electrons. The van der Waals surface area contributed by atoms with Crippen LogP contribution >= 0.6 is 11.3 Å². The molecule has 0 saturated carbocycles. The van der Waals surface area contributed by atoms with E-state index < -0.39 is 0 Å². The van der Waals surface area contributed by atoms with Gasteiger partial charge in [0.05, 0.1) is 19.6 Å². The summed E-state index contributed by atoms with van der Waals surface area (Å²) in [6.45, 7) is 0.824. The van der Waals surface area contributed by atoms with Gasteiger partial charge in [0.2, 0.25) is 16.9 Å². The van der Waals surface area contributed by atoms with Gasteiger partial charge in [-0.2, -0.15) is 0 Å². The monoisotopic (exact) mass is 227 g/mol. The Morgan fingerprint density at radius 2 is 2.00 bits per heavy atom. The van der Waals surface area contributed by atoms with E-state index in [0.717, 1.165) is 0 Å². The molecule has 1 aromatic rings. The lowest BCUT2D eigenvalue weighted by Crippen LogP contribution is -2.50. The normalized spacial score (nSPS) is 17.9. The van der Waals surface area contributed by atoms with E-state index in [2.05, 4.69) is 15.5 Å². The summed E-state index contributed by atoms with van der Waals surface area (Å²) in [5.41, 5.74) is 5.42. The Kier molecular flexibility index (Phi) is 2.60. The van der Waals surface area contributed by atoms with E-state index in [0.29, 0.717) is 16.7 Å². The molecule has 1 aliphatic rings. The molecule has 0 bridgehead atoms. The minimum absolute atomic E-state index is 0.200. The third-order valence-corrected chi connectivity index (χ3v) is 2.59. The van der Waals surface area contributed by atoms with Gasteiger partial charge >= 0.3 is 0 Å². The average Bonchev–Trinajstić information content (AvgIpc) is 2.49. The summed E-state index contributed by atoms with van der Waals surface area (Å²) < 4.78 is 0. The van der Waals surface area contributed by atoms with Gasteiger partial charge in [0.1, 0.15) is 5.01 Å². The van der Waals surface area contributed by atoms with Crippen molar-refractivity contribution in [3.63, 3.8) is 0 Å². The number of carbonyl (C=O) groups excluding carboxylic acids is 2. The van der Waals surface area contributed by atoms with Crippen LogP contribution in [0.3, 0.4) is 0 Å². The zero-order valence-corrected chi connectivity index (χ0v) is 8.58. The molecule has 1 saturated heterocycles. The van der Waals surface area contributed by atoms with Crippen LogP contribution in [0.5, 0.6) is 0 Å². The predicted molar refractivity (Wildman–Crippen MR) is 52.7 cm³/mol. The van der Waals surface area contributed by atoms with Crippen LogP contribution in [0.25, 0.3) is 0 Å². The first-order valence-corrected chi connectivity index (χ1v) is 5.08. The van der Waals surface area contributed by atoms with Crippen LogP contribution < -0.4 is 11.1 Å². The summed E-state index contributed by atoms with van der Waals surface area (Å²) in [5, 5.41) is 10.8. The lowest BCUT2D eigenvalue weighted by molar-refractivity contribution is -0.136. The summed E-state index contributed by atoms with van der Waals surface area (Å²) >= 11 is 1.25. The molecule has 0 radical (unpaired) electrons. The summed E-state index contributed by atoms with van der Waals surface area (Å²) in [6, 6.07) is 0. The summed E-state index contributed by atoms with van der Waals surface area (Å²) in [4.78, 5) is 23.8. The summed E-state index contributed by atoms with van der Waals surface area (Å²) in [7, 11) is 0. The minimum Gasteiger partial charge on any atom is -0.374 e. The Labute approximate surface area is 89.3 Å². The Morgan fingerprint density at radius 1 is 1.33 bits per heavy atom. The number of amides is 2. The van der Waals surface area contributed by atoms with Crippen molar-refractivity contribution in [2.24, 2.45) is 0 Å². The third kappa shape index (κ3) is 2.48. The number of carbonyl (C=O) groups is 2. The van der Waals surface area contributed by atoms with Crippen molar-refractivity contribution in [1.82, 2.24) is 20.4 Å². The molecule has 15 heavy (non-hydrogen) atoms. The highest BCUT2D eigenvalue weighted by Crippen LogP contribution is 2.13. The molecule has 0 aromatic carbocycles. The SMILES string of the molecule is Nc1nnc(CN2CC(=O)NC(=O)C2)s1. The maximum Gasteiger partial charge on any atom is 0.240 e. The van der Waals surface area contributed by atoms with Gasteiger partial charge in [-0.15, -0.1) is 10.2 Å². The van der Waals surface area contributed by atoms with Gasteiger partial charge in [-0.3, -0.25) is 19.8 Å². The van der Waals surface area contributed by atoms with Crippen LogP contribution in [0.1, 0.15) is 5.01 Å². The molecule has 7 nitrogen and oxygen atoms in total. The van der Waals surface area contributed by atoms with Crippen molar-refractivity contribution in [3.05, 3.63) is 5.01 Å². The molecule has 0 atom stereocenters. The number of rotatable bonds is 2. The molecular formula is C7H9N5O2S. The Balaban J connectivity index is 2.00. The van der Waals surface area contributed by atoms with Gasteiger partial charge < -0.3 is 5.73 Å². The van der Waals surface area contributed by atoms with Crippen LogP contribution in [0, 0.1) is 0 Å². The van der Waals surface area contributed by atoms with Crippen molar-refractivity contribution in [2.75, 3.05) is 18.8 Å². The number of nitrogens with zero attached hydrogens (tertiary/aromatic N) is 3. The molecule has 0 spiro atoms. The van der Waals surface area contributed by atoms with Crippen LogP contribution in [0.2, 0.25) is 0 Å². The second kappa shape index (κ2) is 3.91. The number of hydrogen-bond donors (Lipinski definition) is 2. The van der Waals surface area contributed by atoms with Crippen molar-refractivity contribution in [3.8, 4) is 0 Å². The third-order valence-electron chi connectivity index (χ3n) is 1.85. The van der Waals surface area contributed by atoms with Gasteiger partial charge in [-0.25, -0.2) is 0 Å². The number of nitrogens with two attached hydrogens (primary N) is 1. The van der Waals surface area contributed by atoms with Gasteiger partial charge in [-0.1, -0.05) is 11.3 Å². The minimum atomic E-state index is -0.288. The second-order valence-electron chi connectivity index (χ2n) is 3.15. The molecule has 2 rings (SSSR count). The number of anilines is 1. The first kappa shape index (κ1) is 9.99. The Morgan fingerprint density at radius 3 is 2.53 bits per heavy atom. The zero-order chi connectivity index (χ0) is 10.8. The topological polar surface area (TPSA) is 101 Å². The van der Waals surface area contributed by atoms with Gasteiger partial charge in [-0.05, 0) is 0 Å². The van der Waals surface area contributed by atoms with E-state index in [1.807, 2.05) is 0 Å². The maximum absolute atomic E-state index is 11.0. The fourth-order valence-corrected chi connectivity index (χ4v) is 1.98. The fourth-order valence-electron chi connectivity index (χ4n) is 1.33. The number of hydrogen-bond acceptors (Lipinski definition) is 7. The zero-order valence-electron chi connectivity index (χ0n) is 7.77. The standard InChI is InChI=1S/C7H9N5O2S/c8-7-11-10-6(15-7)3-12-1-4(13)9-5(14)2-12/h1-3H2,(H2,8,11)(H,9,13,14). The Hall–Kier alpha value is -1.54. The smallest absolute Gasteiger partial charge is 0.240 e. The largest absolute Gasteiger partial charge is 0.374 e. The average molecular weight is 227 g/mol. The van der Waals surface area contributed by atoms with Crippen molar-refractivity contribution >= 4 is 28.3 Å². The molecule has 0 aliphatic carbocycles. The van der Waals surface area contributed by atoms with Crippen molar-refractivity contribution in [1.29, 1.82) is 0 Å². The second-order valence-corrected chi connectivity index (χ2v) is 4.24. The van der Waals surface area contributed by atoms with Crippen molar-refractivity contribution in [2.45, 2.75) is 6.54 Å². The number of nitrogens with one attached hydrogen (secondary N) is 1. The molecular weight excluding hydrogens is 218 g/mol. The lowest BCUT2D eigenvalue weighted by atomic mass is 10.3. The number of nitrogen functional groups attached to an aromatic ring is 1. The predicted octanol–water partition coefficient (Wildman–Crippen LogP) is -1.42. The summed E-state index contributed by atoms with van der Waals surface area (Å²) in [6.07, 6.45) is 0. The molecule has 8 heteroatoms. The highest BCUT2D eigenvalue weighted by Gasteiger charge is 2.23. The summed E-state index contributed by atoms with van der Waals surface area (Å²) in [5.74, 6) is -0.576. The lowest BCUT2D eigenvalue weighted by Gasteiger charge is -2.23. The van der Waals surface area contributed by atoms with Gasteiger partial charge in [0.15, 0.2) is 0 Å². The van der Waals surface area contributed by atoms with Crippen LogP contribution in [0.15, 0.2) is 0 Å². The van der Waals surface area contributed by atoms with Crippen LogP contribution in [0.4, 0.5) is 5.13 Å². The maximum atomic E-state index is 11.0.